The summed E-state index contributed by atoms with van der Waals surface area (Å²) in [6.45, 7) is 5.29. The highest BCUT2D eigenvalue weighted by Crippen LogP contribution is 2.22. The summed E-state index contributed by atoms with van der Waals surface area (Å²) >= 11 is 0. The third-order valence-corrected chi connectivity index (χ3v) is 3.48. The molecular weight excluding hydrogens is 262 g/mol. The van der Waals surface area contributed by atoms with Crippen LogP contribution in [0.25, 0.3) is 0 Å². The predicted molar refractivity (Wildman–Crippen MR) is 86.1 cm³/mol. The van der Waals surface area contributed by atoms with Crippen LogP contribution in [0, 0.1) is 6.92 Å². The Morgan fingerprint density at radius 3 is 2.38 bits per heavy atom. The summed E-state index contributed by atoms with van der Waals surface area (Å²) in [5, 5.41) is 3.24. The maximum atomic E-state index is 5.78. The summed E-state index contributed by atoms with van der Waals surface area (Å²) in [5.41, 5.74) is 2.41. The molecule has 2 aromatic carbocycles. The van der Waals surface area contributed by atoms with Crippen molar-refractivity contribution in [2.45, 2.75) is 19.9 Å². The molecule has 0 saturated heterocycles. The van der Waals surface area contributed by atoms with E-state index in [1.165, 1.54) is 5.56 Å². The van der Waals surface area contributed by atoms with Crippen molar-refractivity contribution >= 4 is 0 Å². The molecular formula is C18H23NO2. The second kappa shape index (κ2) is 7.70. The SMILES string of the molecule is CNC(C)c1ccc(OCCOc2ccccc2)c(C)c1. The van der Waals surface area contributed by atoms with Gasteiger partial charge in [0.1, 0.15) is 24.7 Å². The first-order valence-electron chi connectivity index (χ1n) is 7.29. The molecule has 0 aliphatic rings. The molecule has 3 nitrogen and oxygen atoms in total. The first-order chi connectivity index (χ1) is 10.2. The highest BCUT2D eigenvalue weighted by Gasteiger charge is 2.06. The topological polar surface area (TPSA) is 30.5 Å². The molecule has 0 fully saturated rings. The van der Waals surface area contributed by atoms with Gasteiger partial charge in [0.2, 0.25) is 0 Å². The summed E-state index contributed by atoms with van der Waals surface area (Å²) < 4.78 is 11.4. The normalized spacial score (nSPS) is 12.0. The van der Waals surface area contributed by atoms with Gasteiger partial charge in [-0.3, -0.25) is 0 Å². The third kappa shape index (κ3) is 4.50. The fraction of sp³-hybridized carbons (Fsp3) is 0.333. The Kier molecular flexibility index (Phi) is 5.64. The molecule has 1 unspecified atom stereocenters. The van der Waals surface area contributed by atoms with Crippen LogP contribution < -0.4 is 14.8 Å². The minimum absolute atomic E-state index is 0.346. The van der Waals surface area contributed by atoms with Crippen LogP contribution in [0.5, 0.6) is 11.5 Å². The van der Waals surface area contributed by atoms with Crippen molar-refractivity contribution in [3.05, 3.63) is 59.7 Å². The molecule has 3 heteroatoms. The van der Waals surface area contributed by atoms with E-state index in [2.05, 4.69) is 31.3 Å². The first kappa shape index (κ1) is 15.4. The Morgan fingerprint density at radius 1 is 1.00 bits per heavy atom. The maximum Gasteiger partial charge on any atom is 0.122 e. The molecule has 112 valence electrons. The van der Waals surface area contributed by atoms with Crippen molar-refractivity contribution in [2.24, 2.45) is 0 Å². The van der Waals surface area contributed by atoms with E-state index in [0.717, 1.165) is 17.1 Å². The zero-order valence-corrected chi connectivity index (χ0v) is 12.9. The average Bonchev–Trinajstić information content (AvgIpc) is 2.53. The van der Waals surface area contributed by atoms with E-state index in [1.54, 1.807) is 0 Å². The van der Waals surface area contributed by atoms with E-state index in [1.807, 2.05) is 43.4 Å². The lowest BCUT2D eigenvalue weighted by Gasteiger charge is -2.14. The molecule has 0 aliphatic carbocycles. The van der Waals surface area contributed by atoms with Crippen LogP contribution in [-0.2, 0) is 0 Å². The standard InChI is InChI=1S/C18H23NO2/c1-14-13-16(15(2)19-3)9-10-18(14)21-12-11-20-17-7-5-4-6-8-17/h4-10,13,15,19H,11-12H2,1-3H3. The van der Waals surface area contributed by atoms with Gasteiger partial charge in [0.05, 0.1) is 0 Å². The molecule has 1 atom stereocenters. The number of benzene rings is 2. The molecule has 0 saturated carbocycles. The van der Waals surface area contributed by atoms with E-state index >= 15 is 0 Å². The van der Waals surface area contributed by atoms with Crippen LogP contribution in [0.4, 0.5) is 0 Å². The van der Waals surface area contributed by atoms with Crippen molar-refractivity contribution in [3.63, 3.8) is 0 Å². The quantitative estimate of drug-likeness (QED) is 0.786. The van der Waals surface area contributed by atoms with E-state index in [9.17, 15) is 0 Å². The summed E-state index contributed by atoms with van der Waals surface area (Å²) in [6.07, 6.45) is 0. The zero-order chi connectivity index (χ0) is 15.1. The Hall–Kier alpha value is -2.00. The molecule has 2 rings (SSSR count). The van der Waals surface area contributed by atoms with E-state index in [4.69, 9.17) is 9.47 Å². The number of rotatable bonds is 7. The van der Waals surface area contributed by atoms with Crippen molar-refractivity contribution in [1.29, 1.82) is 0 Å². The van der Waals surface area contributed by atoms with Gasteiger partial charge in [-0.15, -0.1) is 0 Å². The average molecular weight is 285 g/mol. The van der Waals surface area contributed by atoms with Gasteiger partial charge < -0.3 is 14.8 Å². The van der Waals surface area contributed by atoms with Gasteiger partial charge in [0, 0.05) is 6.04 Å². The molecule has 0 aliphatic heterocycles. The molecule has 0 radical (unpaired) electrons. The smallest absolute Gasteiger partial charge is 0.122 e. The molecule has 2 aromatic rings. The van der Waals surface area contributed by atoms with Crippen LogP contribution in [0.15, 0.2) is 48.5 Å². The molecule has 21 heavy (non-hydrogen) atoms. The summed E-state index contributed by atoms with van der Waals surface area (Å²) in [4.78, 5) is 0. The lowest BCUT2D eigenvalue weighted by atomic mass is 10.1. The lowest BCUT2D eigenvalue weighted by Crippen LogP contribution is -2.13. The third-order valence-electron chi connectivity index (χ3n) is 3.48. The Labute approximate surface area is 126 Å². The van der Waals surface area contributed by atoms with E-state index in [0.29, 0.717) is 19.3 Å². The summed E-state index contributed by atoms with van der Waals surface area (Å²) in [7, 11) is 1.96. The van der Waals surface area contributed by atoms with E-state index in [-0.39, 0.29) is 0 Å². The second-order valence-electron chi connectivity index (χ2n) is 5.05. The number of hydrogen-bond donors (Lipinski definition) is 1. The van der Waals surface area contributed by atoms with Gasteiger partial charge >= 0.3 is 0 Å². The fourth-order valence-corrected chi connectivity index (χ4v) is 2.10. The van der Waals surface area contributed by atoms with Crippen LogP contribution in [-0.4, -0.2) is 20.3 Å². The van der Waals surface area contributed by atoms with Crippen molar-refractivity contribution in [2.75, 3.05) is 20.3 Å². The van der Waals surface area contributed by atoms with Gasteiger partial charge in [-0.2, -0.15) is 0 Å². The Morgan fingerprint density at radius 2 is 1.71 bits per heavy atom. The van der Waals surface area contributed by atoms with Gasteiger partial charge in [-0.05, 0) is 50.2 Å². The van der Waals surface area contributed by atoms with Crippen LogP contribution in [0.1, 0.15) is 24.1 Å². The fourth-order valence-electron chi connectivity index (χ4n) is 2.10. The van der Waals surface area contributed by atoms with Crippen LogP contribution >= 0.6 is 0 Å². The summed E-state index contributed by atoms with van der Waals surface area (Å²) in [5.74, 6) is 1.79. The number of para-hydroxylation sites is 1. The predicted octanol–water partition coefficient (Wildman–Crippen LogP) is 3.73. The van der Waals surface area contributed by atoms with Crippen molar-refractivity contribution in [1.82, 2.24) is 5.32 Å². The highest BCUT2D eigenvalue weighted by molar-refractivity contribution is 5.37. The monoisotopic (exact) mass is 285 g/mol. The maximum absolute atomic E-state index is 5.78. The second-order valence-corrected chi connectivity index (χ2v) is 5.05. The molecule has 0 amide bonds. The molecule has 0 aromatic heterocycles. The van der Waals surface area contributed by atoms with Gasteiger partial charge in [-0.1, -0.05) is 30.3 Å². The molecule has 0 spiro atoms. The van der Waals surface area contributed by atoms with Gasteiger partial charge in [0.15, 0.2) is 0 Å². The molecule has 0 bridgehead atoms. The molecule has 1 N–H and O–H groups in total. The summed E-state index contributed by atoms with van der Waals surface area (Å²) in [6, 6.07) is 16.4. The van der Waals surface area contributed by atoms with Crippen LogP contribution in [0.3, 0.4) is 0 Å². The largest absolute Gasteiger partial charge is 0.490 e. The highest BCUT2D eigenvalue weighted by atomic mass is 16.5. The Balaban J connectivity index is 1.83. The van der Waals surface area contributed by atoms with E-state index < -0.39 is 0 Å². The zero-order valence-electron chi connectivity index (χ0n) is 12.9. The molecule has 0 heterocycles. The number of aryl methyl sites for hydroxylation is 1. The first-order valence-corrected chi connectivity index (χ1v) is 7.29. The number of ether oxygens (including phenoxy) is 2. The van der Waals surface area contributed by atoms with Crippen molar-refractivity contribution < 1.29 is 9.47 Å². The van der Waals surface area contributed by atoms with Crippen LogP contribution in [0.2, 0.25) is 0 Å². The van der Waals surface area contributed by atoms with Gasteiger partial charge in [0.25, 0.3) is 0 Å². The number of hydrogen-bond acceptors (Lipinski definition) is 3. The minimum atomic E-state index is 0.346. The minimum Gasteiger partial charge on any atom is -0.490 e. The van der Waals surface area contributed by atoms with Crippen molar-refractivity contribution in [3.8, 4) is 11.5 Å². The Bertz CT molecular complexity index is 554. The lowest BCUT2D eigenvalue weighted by molar-refractivity contribution is 0.216. The number of nitrogens with one attached hydrogen (secondary N) is 1. The van der Waals surface area contributed by atoms with Gasteiger partial charge in [-0.25, -0.2) is 0 Å².